The Morgan fingerprint density at radius 2 is 2.08 bits per heavy atom. The first-order valence-corrected chi connectivity index (χ1v) is 7.89. The molecule has 3 rings (SSSR count). The fourth-order valence-corrected chi connectivity index (χ4v) is 2.46. The van der Waals surface area contributed by atoms with Gasteiger partial charge in [0.2, 0.25) is 0 Å². The van der Waals surface area contributed by atoms with Crippen molar-refractivity contribution in [1.82, 2.24) is 9.97 Å². The molecule has 1 aromatic heterocycles. The summed E-state index contributed by atoms with van der Waals surface area (Å²) >= 11 is 6.24. The Kier molecular flexibility index (Phi) is 5.15. The summed E-state index contributed by atoms with van der Waals surface area (Å²) in [5.74, 6) is 0.494. The number of anilines is 3. The van der Waals surface area contributed by atoms with Gasteiger partial charge in [-0.05, 0) is 35.9 Å². The monoisotopic (exact) mass is 369 g/mol. The van der Waals surface area contributed by atoms with Gasteiger partial charge in [-0.15, -0.1) is 0 Å². The molecule has 1 heterocycles. The van der Waals surface area contributed by atoms with E-state index < -0.39 is 0 Å². The second kappa shape index (κ2) is 7.68. The number of rotatable bonds is 5. The van der Waals surface area contributed by atoms with Crippen molar-refractivity contribution in [3.63, 3.8) is 0 Å². The predicted octanol–water partition coefficient (Wildman–Crippen LogP) is 4.05. The maximum atomic E-state index is 13.2. The van der Waals surface area contributed by atoms with Crippen LogP contribution in [0, 0.1) is 17.1 Å². The van der Waals surface area contributed by atoms with Gasteiger partial charge in [0.05, 0.1) is 5.02 Å². The van der Waals surface area contributed by atoms with Gasteiger partial charge in [-0.25, -0.2) is 14.4 Å². The molecule has 0 spiro atoms. The third-order valence-corrected chi connectivity index (χ3v) is 3.76. The van der Waals surface area contributed by atoms with Gasteiger partial charge in [0.15, 0.2) is 5.82 Å². The number of hydrogen-bond donors (Lipinski definition) is 2. The average Bonchev–Trinajstić information content (AvgIpc) is 2.61. The van der Waals surface area contributed by atoms with Gasteiger partial charge >= 0.3 is 0 Å². The zero-order valence-electron chi connectivity index (χ0n) is 13.4. The number of nitrogen functional groups attached to an aromatic ring is 1. The molecule has 3 N–H and O–H groups in total. The molecule has 0 saturated carbocycles. The number of nitrogens with two attached hydrogens (primary N) is 1. The summed E-state index contributed by atoms with van der Waals surface area (Å²) in [6.07, 6.45) is 1.26. The molecule has 0 aliphatic rings. The van der Waals surface area contributed by atoms with E-state index in [1.165, 1.54) is 18.5 Å². The van der Waals surface area contributed by atoms with Crippen LogP contribution in [0.25, 0.3) is 0 Å². The van der Waals surface area contributed by atoms with Crippen LogP contribution in [0.1, 0.15) is 11.1 Å². The van der Waals surface area contributed by atoms with Crippen LogP contribution < -0.4 is 15.8 Å². The van der Waals surface area contributed by atoms with E-state index in [0.717, 1.165) is 0 Å². The minimum atomic E-state index is -0.325. The van der Waals surface area contributed by atoms with Crippen molar-refractivity contribution >= 4 is 28.9 Å². The van der Waals surface area contributed by atoms with Crippen LogP contribution in [0.2, 0.25) is 5.02 Å². The molecule has 0 amide bonds. The Balaban J connectivity index is 1.74. The molecule has 6 nitrogen and oxygen atoms in total. The van der Waals surface area contributed by atoms with E-state index in [4.69, 9.17) is 27.3 Å². The third-order valence-electron chi connectivity index (χ3n) is 3.47. The van der Waals surface area contributed by atoms with Gasteiger partial charge in [-0.3, -0.25) is 0 Å². The average molecular weight is 370 g/mol. The van der Waals surface area contributed by atoms with Crippen LogP contribution in [0.15, 0.2) is 48.8 Å². The lowest BCUT2D eigenvalue weighted by atomic mass is 10.2. The maximum Gasteiger partial charge on any atom is 0.153 e. The molecular weight excluding hydrogens is 357 g/mol. The lowest BCUT2D eigenvalue weighted by molar-refractivity contribution is 0.306. The number of hydrogen-bond acceptors (Lipinski definition) is 6. The van der Waals surface area contributed by atoms with Crippen LogP contribution in [0.4, 0.5) is 21.7 Å². The Labute approximate surface area is 154 Å². The van der Waals surface area contributed by atoms with Gasteiger partial charge in [0, 0.05) is 5.69 Å². The molecule has 0 unspecified atom stereocenters. The highest BCUT2D eigenvalue weighted by atomic mass is 35.5. The van der Waals surface area contributed by atoms with E-state index in [0.29, 0.717) is 22.0 Å². The smallest absolute Gasteiger partial charge is 0.153 e. The summed E-state index contributed by atoms with van der Waals surface area (Å²) in [5, 5.41) is 12.5. The number of benzene rings is 2. The molecule has 2 aromatic carbocycles. The van der Waals surface area contributed by atoms with Crippen molar-refractivity contribution in [3.8, 4) is 11.8 Å². The molecule has 130 valence electrons. The molecule has 0 bridgehead atoms. The highest BCUT2D eigenvalue weighted by molar-refractivity contribution is 6.32. The van der Waals surface area contributed by atoms with E-state index in [-0.39, 0.29) is 29.6 Å². The van der Waals surface area contributed by atoms with E-state index in [9.17, 15) is 4.39 Å². The van der Waals surface area contributed by atoms with Crippen molar-refractivity contribution in [2.45, 2.75) is 6.61 Å². The van der Waals surface area contributed by atoms with E-state index in [1.807, 2.05) is 6.07 Å². The Bertz CT molecular complexity index is 990. The molecule has 0 atom stereocenters. The van der Waals surface area contributed by atoms with Gasteiger partial charge in [0.25, 0.3) is 0 Å². The number of nitriles is 1. The van der Waals surface area contributed by atoms with Crippen molar-refractivity contribution in [2.24, 2.45) is 0 Å². The molecule has 8 heteroatoms. The normalized spacial score (nSPS) is 10.2. The second-order valence-electron chi connectivity index (χ2n) is 5.28. The van der Waals surface area contributed by atoms with E-state index >= 15 is 0 Å². The van der Waals surface area contributed by atoms with E-state index in [2.05, 4.69) is 15.3 Å². The molecule has 0 fully saturated rings. The number of aromatic nitrogens is 2. The zero-order valence-corrected chi connectivity index (χ0v) is 14.2. The van der Waals surface area contributed by atoms with Gasteiger partial charge in [-0.2, -0.15) is 5.26 Å². The second-order valence-corrected chi connectivity index (χ2v) is 5.69. The fourth-order valence-electron chi connectivity index (χ4n) is 2.22. The first kappa shape index (κ1) is 17.5. The quantitative estimate of drug-likeness (QED) is 0.704. The summed E-state index contributed by atoms with van der Waals surface area (Å²) in [7, 11) is 0. The van der Waals surface area contributed by atoms with Crippen molar-refractivity contribution in [1.29, 1.82) is 5.26 Å². The van der Waals surface area contributed by atoms with Crippen LogP contribution in [0.5, 0.6) is 5.75 Å². The van der Waals surface area contributed by atoms with E-state index in [1.54, 1.807) is 30.3 Å². The number of nitrogens with one attached hydrogen (secondary N) is 1. The molecular formula is C18H13ClFN5O. The fraction of sp³-hybridized carbons (Fsp3) is 0.0556. The van der Waals surface area contributed by atoms with Crippen molar-refractivity contribution < 1.29 is 9.13 Å². The molecule has 3 aromatic rings. The molecule has 0 saturated heterocycles. The summed E-state index contributed by atoms with van der Waals surface area (Å²) in [6, 6.07) is 13.1. The zero-order chi connectivity index (χ0) is 18.5. The minimum Gasteiger partial charge on any atom is -0.487 e. The minimum absolute atomic E-state index is 0.0890. The van der Waals surface area contributed by atoms with Crippen molar-refractivity contribution in [3.05, 3.63) is 70.8 Å². The van der Waals surface area contributed by atoms with Crippen molar-refractivity contribution in [2.75, 3.05) is 11.1 Å². The van der Waals surface area contributed by atoms with Gasteiger partial charge in [-0.1, -0.05) is 23.7 Å². The lowest BCUT2D eigenvalue weighted by Gasteiger charge is -2.11. The summed E-state index contributed by atoms with van der Waals surface area (Å²) < 4.78 is 18.8. The van der Waals surface area contributed by atoms with Crippen LogP contribution in [0.3, 0.4) is 0 Å². The largest absolute Gasteiger partial charge is 0.487 e. The Morgan fingerprint density at radius 3 is 2.81 bits per heavy atom. The summed E-state index contributed by atoms with van der Waals surface area (Å²) in [6.45, 7) is 0.186. The summed E-state index contributed by atoms with van der Waals surface area (Å²) in [4.78, 5) is 7.78. The summed E-state index contributed by atoms with van der Waals surface area (Å²) in [5.41, 5.74) is 7.10. The molecule has 26 heavy (non-hydrogen) atoms. The highest BCUT2D eigenvalue weighted by Crippen LogP contribution is 2.30. The predicted molar refractivity (Wildman–Crippen MR) is 96.6 cm³/mol. The number of ether oxygens (including phenoxy) is 1. The van der Waals surface area contributed by atoms with Crippen LogP contribution in [-0.4, -0.2) is 9.97 Å². The van der Waals surface area contributed by atoms with Gasteiger partial charge < -0.3 is 15.8 Å². The third kappa shape index (κ3) is 3.99. The Hall–Kier alpha value is -3.37. The lowest BCUT2D eigenvalue weighted by Crippen LogP contribution is -2.03. The molecule has 0 radical (unpaired) electrons. The first-order chi connectivity index (χ1) is 12.6. The number of nitrogens with zero attached hydrogens (tertiary/aromatic N) is 3. The van der Waals surface area contributed by atoms with Crippen LogP contribution >= 0.6 is 11.6 Å². The Morgan fingerprint density at radius 1 is 1.23 bits per heavy atom. The van der Waals surface area contributed by atoms with Gasteiger partial charge in [0.1, 0.15) is 42.0 Å². The number of halogens is 2. The standard InChI is InChI=1S/C18H13ClFN5O/c19-15-7-13(25-18-14(8-21)17(22)23-10-24-18)4-5-16(15)26-9-11-2-1-3-12(20)6-11/h1-7,10H,9H2,(H3,22,23,24,25). The highest BCUT2D eigenvalue weighted by Gasteiger charge is 2.10. The first-order valence-electron chi connectivity index (χ1n) is 7.51. The van der Waals surface area contributed by atoms with Crippen LogP contribution in [-0.2, 0) is 6.61 Å². The maximum absolute atomic E-state index is 13.2. The molecule has 0 aliphatic carbocycles. The topological polar surface area (TPSA) is 96.9 Å². The molecule has 0 aliphatic heterocycles. The SMILES string of the molecule is N#Cc1c(N)ncnc1Nc1ccc(OCc2cccc(F)c2)c(Cl)c1.